The number of halogens is 4. The lowest BCUT2D eigenvalue weighted by Crippen LogP contribution is -2.53. The molecule has 5 nitrogen and oxygen atoms in total. The van der Waals surface area contributed by atoms with Crippen LogP contribution >= 0.6 is 11.6 Å². The Kier molecular flexibility index (Phi) is 5.37. The highest BCUT2D eigenvalue weighted by atomic mass is 35.5. The van der Waals surface area contributed by atoms with Gasteiger partial charge in [-0.25, -0.2) is 0 Å². The molecule has 0 unspecified atom stereocenters. The van der Waals surface area contributed by atoms with Crippen molar-refractivity contribution in [2.45, 2.75) is 44.6 Å². The van der Waals surface area contributed by atoms with Gasteiger partial charge in [-0.15, -0.1) is 13.2 Å². The number of nitrogens with one attached hydrogen (secondary N) is 1. The standard InChI is InChI=1S/C22H21ClF3N3O2/c1-13-7-8-15(23)11-17(13)29-10-9-21(12-14(29)2)20(30)27-19(28-21)16-5-3-4-6-18(16)31-22(24,25)26/h3-8,11,14H,9-10,12H2,1-2H3,(H,27,28,30)/t14-,21+/m0/s1. The van der Waals surface area contributed by atoms with Crippen LogP contribution in [-0.2, 0) is 4.79 Å². The largest absolute Gasteiger partial charge is 0.573 e. The molecule has 2 aliphatic heterocycles. The number of ether oxygens (including phenoxy) is 1. The number of nitrogens with zero attached hydrogens (tertiary/aromatic N) is 2. The number of rotatable bonds is 3. The molecule has 31 heavy (non-hydrogen) atoms. The van der Waals surface area contributed by atoms with Crippen LogP contribution in [0.4, 0.5) is 18.9 Å². The molecule has 9 heteroatoms. The van der Waals surface area contributed by atoms with Crippen LogP contribution in [0.25, 0.3) is 0 Å². The number of aliphatic imine (C=N–C) groups is 1. The molecule has 0 aromatic heterocycles. The maximum atomic E-state index is 12.9. The molecule has 1 spiro atoms. The first-order chi connectivity index (χ1) is 14.6. The Hall–Kier alpha value is -2.74. The van der Waals surface area contributed by atoms with Crippen LogP contribution in [0, 0.1) is 6.92 Å². The quantitative estimate of drug-likeness (QED) is 0.725. The first kappa shape index (κ1) is 21.5. The third kappa shape index (κ3) is 4.21. The van der Waals surface area contributed by atoms with E-state index >= 15 is 0 Å². The van der Waals surface area contributed by atoms with Crippen molar-refractivity contribution < 1.29 is 22.7 Å². The lowest BCUT2D eigenvalue weighted by Gasteiger charge is -2.42. The van der Waals surface area contributed by atoms with Gasteiger partial charge in [-0.3, -0.25) is 9.79 Å². The Morgan fingerprint density at radius 2 is 2.00 bits per heavy atom. The van der Waals surface area contributed by atoms with Crippen LogP contribution < -0.4 is 15.0 Å². The lowest BCUT2D eigenvalue weighted by atomic mass is 9.83. The summed E-state index contributed by atoms with van der Waals surface area (Å²) in [5.74, 6) is -0.603. The number of amidine groups is 1. The summed E-state index contributed by atoms with van der Waals surface area (Å²) in [6.07, 6.45) is -3.98. The molecule has 2 aliphatic rings. The first-order valence-electron chi connectivity index (χ1n) is 9.87. The van der Waals surface area contributed by atoms with Crippen molar-refractivity contribution >= 4 is 29.0 Å². The zero-order valence-electron chi connectivity index (χ0n) is 17.0. The van der Waals surface area contributed by atoms with Gasteiger partial charge in [-0.05, 0) is 50.1 Å². The second-order valence-electron chi connectivity index (χ2n) is 7.92. The van der Waals surface area contributed by atoms with Crippen molar-refractivity contribution in [3.05, 3.63) is 58.6 Å². The zero-order chi connectivity index (χ0) is 22.4. The summed E-state index contributed by atoms with van der Waals surface area (Å²) < 4.78 is 42.5. The van der Waals surface area contributed by atoms with E-state index in [0.29, 0.717) is 24.4 Å². The Morgan fingerprint density at radius 3 is 2.71 bits per heavy atom. The summed E-state index contributed by atoms with van der Waals surface area (Å²) in [6, 6.07) is 11.3. The molecule has 0 radical (unpaired) electrons. The van der Waals surface area contributed by atoms with E-state index in [1.54, 1.807) is 6.07 Å². The second-order valence-corrected chi connectivity index (χ2v) is 8.35. The minimum atomic E-state index is -4.84. The molecule has 2 heterocycles. The van der Waals surface area contributed by atoms with Gasteiger partial charge in [0.25, 0.3) is 5.91 Å². The Balaban J connectivity index is 1.62. The summed E-state index contributed by atoms with van der Waals surface area (Å²) in [5.41, 5.74) is 1.15. The van der Waals surface area contributed by atoms with Crippen molar-refractivity contribution in [2.24, 2.45) is 4.99 Å². The Labute approximate surface area is 182 Å². The van der Waals surface area contributed by atoms with Gasteiger partial charge in [0.2, 0.25) is 0 Å². The van der Waals surface area contributed by atoms with Gasteiger partial charge in [0, 0.05) is 29.7 Å². The molecule has 0 aliphatic carbocycles. The smallest absolute Gasteiger partial charge is 0.405 e. The molecule has 0 saturated carbocycles. The van der Waals surface area contributed by atoms with Crippen molar-refractivity contribution in [3.63, 3.8) is 0 Å². The summed E-state index contributed by atoms with van der Waals surface area (Å²) in [4.78, 5) is 19.7. The number of amides is 1. The van der Waals surface area contributed by atoms with Gasteiger partial charge in [-0.2, -0.15) is 0 Å². The minimum Gasteiger partial charge on any atom is -0.405 e. The average Bonchev–Trinajstić information content (AvgIpc) is 2.99. The highest BCUT2D eigenvalue weighted by Crippen LogP contribution is 2.39. The fourth-order valence-electron chi connectivity index (χ4n) is 4.30. The maximum absolute atomic E-state index is 12.9. The molecule has 1 amide bonds. The number of para-hydroxylation sites is 1. The number of anilines is 1. The predicted molar refractivity (Wildman–Crippen MR) is 113 cm³/mol. The molecule has 1 fully saturated rings. The molecule has 164 valence electrons. The molecule has 2 atom stereocenters. The molecular formula is C22H21ClF3N3O2. The third-order valence-electron chi connectivity index (χ3n) is 5.76. The van der Waals surface area contributed by atoms with E-state index in [2.05, 4.69) is 19.9 Å². The molecule has 1 saturated heterocycles. The molecule has 4 rings (SSSR count). The van der Waals surface area contributed by atoms with E-state index in [-0.39, 0.29) is 23.3 Å². The number of aryl methyl sites for hydroxylation is 1. The van der Waals surface area contributed by atoms with Crippen LogP contribution in [0.15, 0.2) is 47.5 Å². The normalized spacial score (nSPS) is 23.7. The average molecular weight is 452 g/mol. The van der Waals surface area contributed by atoms with Gasteiger partial charge in [0.1, 0.15) is 17.1 Å². The summed E-state index contributed by atoms with van der Waals surface area (Å²) in [7, 11) is 0. The first-order valence-corrected chi connectivity index (χ1v) is 10.2. The van der Waals surface area contributed by atoms with Gasteiger partial charge in [0.05, 0.1) is 5.56 Å². The van der Waals surface area contributed by atoms with Crippen molar-refractivity contribution in [3.8, 4) is 5.75 Å². The molecule has 1 N–H and O–H groups in total. The summed E-state index contributed by atoms with van der Waals surface area (Å²) in [6.45, 7) is 4.56. The summed E-state index contributed by atoms with van der Waals surface area (Å²) >= 11 is 6.17. The zero-order valence-corrected chi connectivity index (χ0v) is 17.7. The molecule has 2 aromatic rings. The molecule has 0 bridgehead atoms. The SMILES string of the molecule is Cc1ccc(Cl)cc1N1CC[C@]2(C[C@@H]1C)N=C(c1ccccc1OC(F)(F)F)NC2=O. The Morgan fingerprint density at radius 1 is 1.26 bits per heavy atom. The number of piperidine rings is 1. The van der Waals surface area contributed by atoms with E-state index < -0.39 is 17.7 Å². The maximum Gasteiger partial charge on any atom is 0.573 e. The van der Waals surface area contributed by atoms with Crippen LogP contribution in [0.1, 0.15) is 30.9 Å². The number of hydrogen-bond donors (Lipinski definition) is 1. The molecule has 2 aromatic carbocycles. The van der Waals surface area contributed by atoms with Crippen LogP contribution in [0.3, 0.4) is 0 Å². The van der Waals surface area contributed by atoms with Gasteiger partial charge in [-0.1, -0.05) is 29.8 Å². The minimum absolute atomic E-state index is 0.0264. The van der Waals surface area contributed by atoms with Crippen molar-refractivity contribution in [2.75, 3.05) is 11.4 Å². The van der Waals surface area contributed by atoms with Crippen LogP contribution in [0.5, 0.6) is 5.75 Å². The number of hydrogen-bond acceptors (Lipinski definition) is 4. The fraction of sp³-hybridized carbons (Fsp3) is 0.364. The number of alkyl halides is 3. The number of benzene rings is 2. The molecular weight excluding hydrogens is 431 g/mol. The highest BCUT2D eigenvalue weighted by Gasteiger charge is 2.49. The summed E-state index contributed by atoms with van der Waals surface area (Å²) in [5, 5.41) is 3.31. The van der Waals surface area contributed by atoms with Crippen molar-refractivity contribution in [1.29, 1.82) is 0 Å². The van der Waals surface area contributed by atoms with Crippen LogP contribution in [-0.4, -0.2) is 36.2 Å². The van der Waals surface area contributed by atoms with E-state index in [0.717, 1.165) is 11.3 Å². The van der Waals surface area contributed by atoms with E-state index in [1.165, 1.54) is 18.2 Å². The van der Waals surface area contributed by atoms with E-state index in [4.69, 9.17) is 11.6 Å². The predicted octanol–water partition coefficient (Wildman–Crippen LogP) is 4.85. The van der Waals surface area contributed by atoms with Crippen molar-refractivity contribution in [1.82, 2.24) is 5.32 Å². The highest BCUT2D eigenvalue weighted by molar-refractivity contribution is 6.30. The monoisotopic (exact) mass is 451 g/mol. The lowest BCUT2D eigenvalue weighted by molar-refractivity contribution is -0.274. The second kappa shape index (κ2) is 7.75. The van der Waals surface area contributed by atoms with E-state index in [9.17, 15) is 18.0 Å². The fourth-order valence-corrected chi connectivity index (χ4v) is 4.47. The number of carbonyl (C=O) groups is 1. The number of carbonyl (C=O) groups excluding carboxylic acids is 1. The van der Waals surface area contributed by atoms with Gasteiger partial charge in [0.15, 0.2) is 0 Å². The Bertz CT molecular complexity index is 1060. The van der Waals surface area contributed by atoms with Crippen LogP contribution in [0.2, 0.25) is 5.02 Å². The van der Waals surface area contributed by atoms with E-state index in [1.807, 2.05) is 32.0 Å². The topological polar surface area (TPSA) is 53.9 Å². The third-order valence-corrected chi connectivity index (χ3v) is 6.00. The van der Waals surface area contributed by atoms with Gasteiger partial charge >= 0.3 is 6.36 Å². The van der Waals surface area contributed by atoms with Gasteiger partial charge < -0.3 is 15.0 Å².